The summed E-state index contributed by atoms with van der Waals surface area (Å²) in [7, 11) is 0. The van der Waals surface area contributed by atoms with Crippen molar-refractivity contribution in [2.45, 2.75) is 32.3 Å². The van der Waals surface area contributed by atoms with E-state index in [-0.39, 0.29) is 5.60 Å². The molecule has 16 heavy (non-hydrogen) atoms. The van der Waals surface area contributed by atoms with E-state index >= 15 is 0 Å². The van der Waals surface area contributed by atoms with E-state index in [2.05, 4.69) is 28.8 Å². The second kappa shape index (κ2) is 3.28. The van der Waals surface area contributed by atoms with Crippen LogP contribution in [-0.4, -0.2) is 21.6 Å². The average Bonchev–Trinajstić information content (AvgIpc) is 2.85. The first-order chi connectivity index (χ1) is 7.69. The minimum Gasteiger partial charge on any atom is -0.367 e. The number of nitrogens with zero attached hydrogens (tertiary/aromatic N) is 2. The van der Waals surface area contributed by atoms with E-state index in [9.17, 15) is 0 Å². The molecule has 1 atom stereocenters. The predicted molar refractivity (Wildman–Crippen MR) is 61.2 cm³/mol. The third-order valence-electron chi connectivity index (χ3n) is 3.32. The van der Waals surface area contributed by atoms with Gasteiger partial charge in [0.05, 0.1) is 5.52 Å². The first-order valence-electron chi connectivity index (χ1n) is 5.65. The van der Waals surface area contributed by atoms with Crippen LogP contribution in [0.5, 0.6) is 0 Å². The van der Waals surface area contributed by atoms with Gasteiger partial charge in [0.2, 0.25) is 0 Å². The molecule has 2 aromatic rings. The van der Waals surface area contributed by atoms with Gasteiger partial charge in [0.15, 0.2) is 5.65 Å². The molecule has 0 bridgehead atoms. The smallest absolute Gasteiger partial charge is 0.178 e. The van der Waals surface area contributed by atoms with Gasteiger partial charge in [0, 0.05) is 12.8 Å². The number of rotatable bonds is 1. The monoisotopic (exact) mass is 217 g/mol. The van der Waals surface area contributed by atoms with Gasteiger partial charge in [-0.25, -0.2) is 9.97 Å². The van der Waals surface area contributed by atoms with Crippen molar-refractivity contribution in [3.05, 3.63) is 23.7 Å². The molecule has 3 rings (SSSR count). The van der Waals surface area contributed by atoms with Gasteiger partial charge in [-0.05, 0) is 38.3 Å². The molecule has 4 nitrogen and oxygen atoms in total. The van der Waals surface area contributed by atoms with E-state index < -0.39 is 0 Å². The number of hydrogen-bond donors (Lipinski definition) is 1. The highest BCUT2D eigenvalue weighted by Gasteiger charge is 2.35. The zero-order chi connectivity index (χ0) is 11.2. The van der Waals surface area contributed by atoms with Crippen molar-refractivity contribution >= 4 is 11.2 Å². The molecule has 0 amide bonds. The maximum Gasteiger partial charge on any atom is 0.178 e. The van der Waals surface area contributed by atoms with Crippen molar-refractivity contribution in [1.82, 2.24) is 15.0 Å². The minimum atomic E-state index is -0.257. The Morgan fingerprint density at radius 3 is 3.06 bits per heavy atom. The zero-order valence-corrected chi connectivity index (χ0v) is 9.58. The van der Waals surface area contributed by atoms with E-state index in [1.807, 2.05) is 6.07 Å². The summed E-state index contributed by atoms with van der Waals surface area (Å²) in [6.07, 6.45) is 3.91. The highest BCUT2D eigenvalue weighted by molar-refractivity contribution is 5.74. The van der Waals surface area contributed by atoms with Gasteiger partial charge in [0.1, 0.15) is 11.4 Å². The number of hydrogen-bond acceptors (Lipinski definition) is 3. The Balaban J connectivity index is 2.15. The number of aromatic amines is 1. The Hall–Kier alpha value is -1.42. The molecule has 4 heteroatoms. The standard InChI is InChI=1S/C12H15N3O/c1-8-4-6-13-10-9(8)14-11(15-10)12(2)5-3-7-16-12/h4,6H,3,5,7H2,1-2H3,(H,13,14,15). The largest absolute Gasteiger partial charge is 0.367 e. The molecule has 0 saturated carbocycles. The molecule has 3 heterocycles. The van der Waals surface area contributed by atoms with Crippen LogP contribution in [0.15, 0.2) is 12.3 Å². The van der Waals surface area contributed by atoms with Crippen LogP contribution in [0, 0.1) is 6.92 Å². The Bertz CT molecular complexity index is 526. The quantitative estimate of drug-likeness (QED) is 0.797. The fraction of sp³-hybridized carbons (Fsp3) is 0.500. The molecule has 1 N–H and O–H groups in total. The van der Waals surface area contributed by atoms with Crippen LogP contribution < -0.4 is 0 Å². The van der Waals surface area contributed by atoms with Crippen molar-refractivity contribution in [3.63, 3.8) is 0 Å². The van der Waals surface area contributed by atoms with Crippen LogP contribution in [0.4, 0.5) is 0 Å². The lowest BCUT2D eigenvalue weighted by molar-refractivity contribution is 0.0103. The maximum absolute atomic E-state index is 5.77. The molecule has 1 aliphatic heterocycles. The highest BCUT2D eigenvalue weighted by atomic mass is 16.5. The molecule has 0 radical (unpaired) electrons. The molecule has 2 aromatic heterocycles. The molecular formula is C12H15N3O. The Morgan fingerprint density at radius 1 is 1.50 bits per heavy atom. The second-order valence-corrected chi connectivity index (χ2v) is 4.59. The number of imidazole rings is 1. The summed E-state index contributed by atoms with van der Waals surface area (Å²) in [6.45, 7) is 4.97. The topological polar surface area (TPSA) is 50.8 Å². The van der Waals surface area contributed by atoms with Crippen LogP contribution in [0.1, 0.15) is 31.2 Å². The van der Waals surface area contributed by atoms with Crippen LogP contribution in [0.2, 0.25) is 0 Å². The maximum atomic E-state index is 5.77. The van der Waals surface area contributed by atoms with Crippen LogP contribution in [0.3, 0.4) is 0 Å². The lowest BCUT2D eigenvalue weighted by Crippen LogP contribution is -2.21. The van der Waals surface area contributed by atoms with Crippen molar-refractivity contribution in [3.8, 4) is 0 Å². The van der Waals surface area contributed by atoms with Gasteiger partial charge in [0.25, 0.3) is 0 Å². The van der Waals surface area contributed by atoms with E-state index in [4.69, 9.17) is 4.74 Å². The third kappa shape index (κ3) is 1.33. The summed E-state index contributed by atoms with van der Waals surface area (Å²) in [5, 5.41) is 0. The first-order valence-corrected chi connectivity index (χ1v) is 5.65. The minimum absolute atomic E-state index is 0.257. The first kappa shape index (κ1) is 9.78. The van der Waals surface area contributed by atoms with Gasteiger partial charge in [-0.2, -0.15) is 0 Å². The number of aromatic nitrogens is 3. The number of nitrogens with one attached hydrogen (secondary N) is 1. The summed E-state index contributed by atoms with van der Waals surface area (Å²) in [4.78, 5) is 12.2. The second-order valence-electron chi connectivity index (χ2n) is 4.59. The lowest BCUT2D eigenvalue weighted by atomic mass is 10.0. The van der Waals surface area contributed by atoms with E-state index in [1.165, 1.54) is 5.56 Å². The molecule has 1 aliphatic rings. The van der Waals surface area contributed by atoms with Crippen LogP contribution in [0.25, 0.3) is 11.2 Å². The summed E-state index contributed by atoms with van der Waals surface area (Å²) >= 11 is 0. The zero-order valence-electron chi connectivity index (χ0n) is 9.58. The van der Waals surface area contributed by atoms with Gasteiger partial charge >= 0.3 is 0 Å². The van der Waals surface area contributed by atoms with Gasteiger partial charge in [-0.3, -0.25) is 0 Å². The summed E-state index contributed by atoms with van der Waals surface area (Å²) in [6, 6.07) is 1.99. The third-order valence-corrected chi connectivity index (χ3v) is 3.32. The van der Waals surface area contributed by atoms with Crippen molar-refractivity contribution in [1.29, 1.82) is 0 Å². The Labute approximate surface area is 94.1 Å². The summed E-state index contributed by atoms with van der Waals surface area (Å²) in [5.41, 5.74) is 2.72. The molecule has 1 saturated heterocycles. The average molecular weight is 217 g/mol. The van der Waals surface area contributed by atoms with E-state index in [1.54, 1.807) is 6.20 Å². The molecule has 1 fully saturated rings. The predicted octanol–water partition coefficient (Wildman–Crippen LogP) is 2.29. The fourth-order valence-corrected chi connectivity index (χ4v) is 2.25. The van der Waals surface area contributed by atoms with Gasteiger partial charge in [-0.1, -0.05) is 0 Å². The molecule has 0 aliphatic carbocycles. The SMILES string of the molecule is Cc1ccnc2nc(C3(C)CCCO3)[nH]c12. The number of H-pyrrole nitrogens is 1. The van der Waals surface area contributed by atoms with E-state index in [0.29, 0.717) is 0 Å². The summed E-state index contributed by atoms with van der Waals surface area (Å²) < 4.78 is 5.77. The van der Waals surface area contributed by atoms with Crippen molar-refractivity contribution in [2.24, 2.45) is 0 Å². The number of ether oxygens (including phenoxy) is 1. The Morgan fingerprint density at radius 2 is 2.38 bits per heavy atom. The van der Waals surface area contributed by atoms with Crippen LogP contribution in [-0.2, 0) is 10.3 Å². The molecule has 84 valence electrons. The summed E-state index contributed by atoms with van der Waals surface area (Å²) in [5.74, 6) is 0.904. The number of aryl methyl sites for hydroxylation is 1. The molecule has 0 aromatic carbocycles. The van der Waals surface area contributed by atoms with Crippen LogP contribution >= 0.6 is 0 Å². The van der Waals surface area contributed by atoms with Crippen molar-refractivity contribution < 1.29 is 4.74 Å². The lowest BCUT2D eigenvalue weighted by Gasteiger charge is -2.19. The van der Waals surface area contributed by atoms with Gasteiger partial charge < -0.3 is 9.72 Å². The molecule has 0 spiro atoms. The fourth-order valence-electron chi connectivity index (χ4n) is 2.25. The molecular weight excluding hydrogens is 202 g/mol. The number of fused-ring (bicyclic) bond motifs is 1. The van der Waals surface area contributed by atoms with E-state index in [0.717, 1.165) is 36.4 Å². The van der Waals surface area contributed by atoms with Crippen molar-refractivity contribution in [2.75, 3.05) is 6.61 Å². The van der Waals surface area contributed by atoms with Gasteiger partial charge in [-0.15, -0.1) is 0 Å². The molecule has 1 unspecified atom stereocenters. The number of pyridine rings is 1. The normalized spacial score (nSPS) is 25.4. The Kier molecular flexibility index (Phi) is 2.01. The highest BCUT2D eigenvalue weighted by Crippen LogP contribution is 2.34.